The van der Waals surface area contributed by atoms with Crippen molar-refractivity contribution in [2.24, 2.45) is 0 Å². The zero-order valence-electron chi connectivity index (χ0n) is 34.0. The molecule has 0 fully saturated rings. The molecule has 0 saturated carbocycles. The highest BCUT2D eigenvalue weighted by molar-refractivity contribution is 7.18. The van der Waals surface area contributed by atoms with Crippen LogP contribution in [0.4, 0.5) is 17.3 Å². The van der Waals surface area contributed by atoms with Crippen molar-refractivity contribution in [3.63, 3.8) is 0 Å². The number of hydrogen-bond donors (Lipinski definition) is 0. The minimum absolute atomic E-state index is 0.148. The number of rotatable bonds is 0. The lowest BCUT2D eigenvalue weighted by molar-refractivity contribution is -0.542. The normalized spacial score (nSPS) is 16.4. The van der Waals surface area contributed by atoms with Gasteiger partial charge in [0.1, 0.15) is 9.40 Å². The van der Waals surface area contributed by atoms with Crippen molar-refractivity contribution in [1.82, 2.24) is 0 Å². The highest BCUT2D eigenvalue weighted by atomic mass is 32.1. The fourth-order valence-corrected chi connectivity index (χ4v) is 10.8. The first kappa shape index (κ1) is 37.4. The third-order valence-corrected chi connectivity index (χ3v) is 13.4. The highest BCUT2D eigenvalue weighted by Gasteiger charge is 2.56. The number of aromatic nitrogens is 2. The second kappa shape index (κ2) is 11.3. The van der Waals surface area contributed by atoms with Crippen LogP contribution in [0.2, 0.25) is 0 Å². The lowest BCUT2D eigenvalue weighted by atomic mass is 9.73. The Hall–Kier alpha value is -4.15. The molecular weight excluding hydrogens is 750 g/mol. The molecular formula is C44H46B2F4N2O2S2. The van der Waals surface area contributed by atoms with E-state index in [-0.39, 0.29) is 38.8 Å². The van der Waals surface area contributed by atoms with Crippen LogP contribution in [0.25, 0.3) is 64.5 Å². The Morgan fingerprint density at radius 1 is 0.500 bits per heavy atom. The van der Waals surface area contributed by atoms with Crippen LogP contribution in [0, 0.1) is 0 Å². The van der Waals surface area contributed by atoms with E-state index in [0.29, 0.717) is 59.0 Å². The molecule has 9 rings (SSSR count). The molecule has 290 valence electrons. The van der Waals surface area contributed by atoms with Gasteiger partial charge < -0.3 is 35.5 Å². The fraction of sp³-hybridized carbons (Fsp3) is 0.364. The Morgan fingerprint density at radius 2 is 0.964 bits per heavy atom. The van der Waals surface area contributed by atoms with E-state index in [0.717, 1.165) is 25.6 Å². The van der Waals surface area contributed by atoms with Gasteiger partial charge in [0.25, 0.3) is 0 Å². The van der Waals surface area contributed by atoms with Crippen LogP contribution in [0.15, 0.2) is 59.3 Å². The molecule has 0 amide bonds. The summed E-state index contributed by atoms with van der Waals surface area (Å²) in [4.78, 5) is 0. The van der Waals surface area contributed by atoms with Gasteiger partial charge in [0.05, 0.1) is 33.4 Å². The van der Waals surface area contributed by atoms with Crippen molar-refractivity contribution in [1.29, 1.82) is 0 Å². The maximum Gasteiger partial charge on any atom is 0.834 e. The average molecular weight is 797 g/mol. The summed E-state index contributed by atoms with van der Waals surface area (Å²) < 4.78 is 83.1. The second-order valence-corrected chi connectivity index (χ2v) is 21.6. The minimum atomic E-state index is -4.67. The summed E-state index contributed by atoms with van der Waals surface area (Å²) in [5.41, 5.74) is 4.76. The molecule has 4 nitrogen and oxygen atoms in total. The zero-order chi connectivity index (χ0) is 40.4. The molecule has 2 aliphatic rings. The van der Waals surface area contributed by atoms with Gasteiger partial charge in [0.15, 0.2) is 22.4 Å². The molecule has 0 aliphatic carbocycles. The van der Waals surface area contributed by atoms with E-state index < -0.39 is 19.5 Å². The summed E-state index contributed by atoms with van der Waals surface area (Å²) in [5, 5.41) is 6.08. The summed E-state index contributed by atoms with van der Waals surface area (Å²) in [6.45, 7) is 25.0. The SMILES string of the molecule is CC(C)(C)c1cc2c(c(C(C)(C)C)c1)O[B-](F)(F)[n+]1c-2c2sccc2c2cc3c(cc21)c1ccsc1c1[n+]3[B-](F)(F)Oc2cc(C(C)(C)C)c(C(C)(C)C)cc2-1. The number of nitrogens with zero attached hydrogens (tertiary/aromatic N) is 2. The van der Waals surface area contributed by atoms with E-state index in [9.17, 15) is 0 Å². The van der Waals surface area contributed by atoms with E-state index in [1.807, 2.05) is 61.9 Å². The predicted octanol–water partition coefficient (Wildman–Crippen LogP) is 12.8. The largest absolute Gasteiger partial charge is 0.834 e. The van der Waals surface area contributed by atoms with Gasteiger partial charge in [-0.2, -0.15) is 0 Å². The summed E-state index contributed by atoms with van der Waals surface area (Å²) >= 11 is 2.74. The van der Waals surface area contributed by atoms with Crippen LogP contribution < -0.4 is 18.3 Å². The highest BCUT2D eigenvalue weighted by Crippen LogP contribution is 2.51. The Morgan fingerprint density at radius 3 is 1.45 bits per heavy atom. The maximum absolute atomic E-state index is 17.1. The van der Waals surface area contributed by atoms with E-state index in [4.69, 9.17) is 9.31 Å². The van der Waals surface area contributed by atoms with Crippen LogP contribution in [0.5, 0.6) is 11.5 Å². The van der Waals surface area contributed by atoms with Gasteiger partial charge in [-0.25, -0.2) is 0 Å². The average Bonchev–Trinajstić information content (AvgIpc) is 3.75. The van der Waals surface area contributed by atoms with Gasteiger partial charge in [-0.3, -0.25) is 0 Å². The van der Waals surface area contributed by atoms with Gasteiger partial charge in [-0.15, -0.1) is 22.7 Å². The molecule has 4 aromatic heterocycles. The summed E-state index contributed by atoms with van der Waals surface area (Å²) in [5.74, 6) is 0.340. The third-order valence-electron chi connectivity index (χ3n) is 11.6. The van der Waals surface area contributed by atoms with Crippen LogP contribution in [0.3, 0.4) is 0 Å². The van der Waals surface area contributed by atoms with Gasteiger partial charge in [0.2, 0.25) is 0 Å². The predicted molar refractivity (Wildman–Crippen MR) is 226 cm³/mol. The Balaban J connectivity index is 1.44. The molecule has 7 aromatic rings. The van der Waals surface area contributed by atoms with Gasteiger partial charge >= 0.3 is 14.1 Å². The van der Waals surface area contributed by atoms with E-state index in [1.54, 1.807) is 18.2 Å². The third kappa shape index (κ3) is 5.30. The number of fused-ring (bicyclic) bond motifs is 16. The monoisotopic (exact) mass is 796 g/mol. The molecule has 0 N–H and O–H groups in total. The van der Waals surface area contributed by atoms with Crippen molar-refractivity contribution in [3.05, 3.63) is 81.5 Å². The molecule has 0 radical (unpaired) electrons. The first-order valence-corrected chi connectivity index (χ1v) is 21.0. The van der Waals surface area contributed by atoms with E-state index >= 15 is 17.3 Å². The number of hydrogen-bond acceptors (Lipinski definition) is 4. The van der Waals surface area contributed by atoms with Crippen LogP contribution in [0.1, 0.15) is 105 Å². The standard InChI is InChI=1S/C44H46B2F4N2O2S2/c1-41(2,3)23-17-29-37-40-25(14-16-56-40)27-20-33-26(21-34(27)52(37)46(49,50)54-38(29)32(18-23)44(10,11)12)24-13-15-55-39(24)36-28-19-30(42(4,5)6)31(43(7,8)9)22-35(28)53-45(47,48)51(33)36/h13-22H,1-12H3. The molecule has 2 aliphatic heterocycles. The topological polar surface area (TPSA) is 26.2 Å². The van der Waals surface area contributed by atoms with Crippen molar-refractivity contribution >= 4 is 78.7 Å². The number of halogens is 4. The van der Waals surface area contributed by atoms with Gasteiger partial charge in [-0.05, 0) is 85.0 Å². The van der Waals surface area contributed by atoms with Crippen LogP contribution >= 0.6 is 22.7 Å². The first-order chi connectivity index (χ1) is 25.8. The molecule has 56 heavy (non-hydrogen) atoms. The smallest absolute Gasteiger partial charge is 0.599 e. The molecule has 0 atom stereocenters. The van der Waals surface area contributed by atoms with Crippen molar-refractivity contribution in [3.8, 4) is 34.0 Å². The molecule has 3 aromatic carbocycles. The first-order valence-electron chi connectivity index (χ1n) is 19.3. The minimum Gasteiger partial charge on any atom is -0.599 e. The number of pyridine rings is 2. The summed E-state index contributed by atoms with van der Waals surface area (Å²) in [7, 11) is -9.32. The fourth-order valence-electron chi connectivity index (χ4n) is 8.83. The van der Waals surface area contributed by atoms with Crippen molar-refractivity contribution in [2.75, 3.05) is 0 Å². The molecule has 6 heterocycles. The Kier molecular flexibility index (Phi) is 7.54. The Labute approximate surface area is 333 Å². The summed E-state index contributed by atoms with van der Waals surface area (Å²) in [6.07, 6.45) is 0. The quantitative estimate of drug-likeness (QED) is 0.0868. The molecule has 0 saturated heterocycles. The second-order valence-electron chi connectivity index (χ2n) is 19.8. The molecule has 0 bridgehead atoms. The van der Waals surface area contributed by atoms with Crippen LogP contribution in [-0.2, 0) is 21.7 Å². The van der Waals surface area contributed by atoms with E-state index in [2.05, 4.69) is 62.3 Å². The van der Waals surface area contributed by atoms with E-state index in [1.165, 1.54) is 22.7 Å². The van der Waals surface area contributed by atoms with Crippen molar-refractivity contribution < 1.29 is 35.5 Å². The lowest BCUT2D eigenvalue weighted by Gasteiger charge is -2.36. The Bertz CT molecular complexity index is 2870. The lowest BCUT2D eigenvalue weighted by Crippen LogP contribution is -2.67. The number of benzene rings is 3. The maximum atomic E-state index is 17.1. The van der Waals surface area contributed by atoms with Gasteiger partial charge in [-0.1, -0.05) is 89.2 Å². The molecule has 0 unspecified atom stereocenters. The molecule has 0 spiro atoms. The van der Waals surface area contributed by atoms with Gasteiger partial charge in [0, 0.05) is 22.9 Å². The molecule has 12 heteroatoms. The number of thiophene rings is 2. The zero-order valence-corrected chi connectivity index (χ0v) is 35.6. The summed E-state index contributed by atoms with van der Waals surface area (Å²) in [6, 6.07) is 15.0. The van der Waals surface area contributed by atoms with Crippen molar-refractivity contribution in [2.45, 2.75) is 105 Å². The van der Waals surface area contributed by atoms with Crippen LogP contribution in [-0.4, -0.2) is 14.1 Å².